The van der Waals surface area contributed by atoms with Crippen LogP contribution in [0.15, 0.2) is 96.6 Å². The summed E-state index contributed by atoms with van der Waals surface area (Å²) in [6.45, 7) is 0. The Balaban J connectivity index is 0.000000739. The molecule has 0 fully saturated rings. The van der Waals surface area contributed by atoms with E-state index in [1.807, 2.05) is 46.4 Å². The molecule has 0 atom stereocenters. The molecule has 0 spiro atoms. The molecule has 34 heavy (non-hydrogen) atoms. The van der Waals surface area contributed by atoms with Crippen LogP contribution in [-0.4, -0.2) is 38.5 Å². The molecule has 0 N–H and O–H groups in total. The monoisotopic (exact) mass is 478 g/mol. The van der Waals surface area contributed by atoms with Crippen LogP contribution >= 0.6 is 0 Å². The van der Waals surface area contributed by atoms with Gasteiger partial charge in [-0.1, -0.05) is 48.2 Å². The Morgan fingerprint density at radius 1 is 0.853 bits per heavy atom. The minimum absolute atomic E-state index is 0.999. The van der Waals surface area contributed by atoms with Crippen LogP contribution in [0.25, 0.3) is 5.57 Å². The number of anilines is 1. The van der Waals surface area contributed by atoms with Crippen molar-refractivity contribution in [3.63, 3.8) is 0 Å². The van der Waals surface area contributed by atoms with Gasteiger partial charge in [0.25, 0.3) is 0 Å². The highest BCUT2D eigenvalue weighted by molar-refractivity contribution is 6.02. The lowest BCUT2D eigenvalue weighted by Crippen LogP contribution is -2.68. The summed E-state index contributed by atoms with van der Waals surface area (Å²) in [7, 11) is 3.23. The van der Waals surface area contributed by atoms with E-state index in [1.165, 1.54) is 11.4 Å². The fourth-order valence-corrected chi connectivity index (χ4v) is 2.87. The minimum Gasteiger partial charge on any atom is -0.378 e. The second kappa shape index (κ2) is 12.7. The molecule has 0 unspecified atom stereocenters. The molecule has 0 saturated carbocycles. The van der Waals surface area contributed by atoms with Crippen molar-refractivity contribution < 1.29 is 33.5 Å². The van der Waals surface area contributed by atoms with Crippen molar-refractivity contribution in [3.8, 4) is 11.8 Å². The van der Waals surface area contributed by atoms with Crippen LogP contribution in [-0.2, 0) is 0 Å². The van der Waals surface area contributed by atoms with Crippen molar-refractivity contribution in [1.29, 1.82) is 0 Å². The van der Waals surface area contributed by atoms with Crippen molar-refractivity contribution in [2.24, 2.45) is 0 Å². The predicted molar refractivity (Wildman–Crippen MR) is 126 cm³/mol. The zero-order valence-electron chi connectivity index (χ0n) is 19.6. The third-order valence-electron chi connectivity index (χ3n) is 4.66. The Labute approximate surface area is 203 Å². The van der Waals surface area contributed by atoms with Gasteiger partial charge in [0.2, 0.25) is 0 Å². The van der Waals surface area contributed by atoms with Gasteiger partial charge in [-0.2, -0.15) is 0 Å². The van der Waals surface area contributed by atoms with Crippen molar-refractivity contribution in [1.82, 2.24) is 0 Å². The number of halogens is 1. The lowest BCUT2D eigenvalue weighted by molar-refractivity contribution is -2.00. The highest BCUT2D eigenvalue weighted by Gasteiger charge is 2.03. The van der Waals surface area contributed by atoms with Gasteiger partial charge in [-0.15, -0.1) is 10.2 Å². The maximum absolute atomic E-state index is 8.49. The number of hydrogen-bond acceptors (Lipinski definition) is 5. The fourth-order valence-electron chi connectivity index (χ4n) is 2.87. The van der Waals surface area contributed by atoms with E-state index in [0.29, 0.717) is 0 Å². The molecule has 1 aliphatic rings. The van der Waals surface area contributed by atoms with Gasteiger partial charge in [-0.25, -0.2) is 23.2 Å². The summed E-state index contributed by atoms with van der Waals surface area (Å²) in [4.78, 5) is 2.09. The first kappa shape index (κ1) is 26.8. The van der Waals surface area contributed by atoms with E-state index >= 15 is 0 Å². The van der Waals surface area contributed by atoms with E-state index in [-0.39, 0.29) is 0 Å². The third kappa shape index (κ3) is 10.0. The Kier molecular flexibility index (Phi) is 10.0. The molecular weight excluding hydrogens is 452 g/mol. The zero-order valence-corrected chi connectivity index (χ0v) is 20.3. The summed E-state index contributed by atoms with van der Waals surface area (Å²) in [5.74, 6) is 6.67. The molecule has 0 amide bonds. The Bertz CT molecular complexity index is 1150. The van der Waals surface area contributed by atoms with Crippen LogP contribution in [0.4, 0.5) is 5.69 Å². The van der Waals surface area contributed by atoms with Gasteiger partial charge in [-0.05, 0) is 53.6 Å². The van der Waals surface area contributed by atoms with Crippen molar-refractivity contribution in [2.75, 3.05) is 33.1 Å². The number of hydrogen-bond donors (Lipinski definition) is 0. The maximum atomic E-state index is 8.49. The average molecular weight is 479 g/mol. The van der Waals surface area contributed by atoms with E-state index in [9.17, 15) is 0 Å². The Morgan fingerprint density at radius 3 is 1.91 bits per heavy atom. The largest absolute Gasteiger partial charge is 0.378 e. The molecule has 0 aromatic heterocycles. The molecule has 2 aromatic rings. The van der Waals surface area contributed by atoms with Gasteiger partial charge >= 0.3 is 0 Å². The van der Waals surface area contributed by atoms with Gasteiger partial charge in [-0.3, -0.25) is 0 Å². The molecule has 7 heteroatoms. The van der Waals surface area contributed by atoms with E-state index in [2.05, 4.69) is 94.2 Å². The number of benzene rings is 2. The van der Waals surface area contributed by atoms with Crippen LogP contribution in [0.2, 0.25) is 0 Å². The summed E-state index contributed by atoms with van der Waals surface area (Å²) >= 11 is 0. The molecule has 0 bridgehead atoms. The quantitative estimate of drug-likeness (QED) is 0.463. The van der Waals surface area contributed by atoms with E-state index in [1.54, 1.807) is 0 Å². The lowest BCUT2D eigenvalue weighted by Gasteiger charge is -2.17. The van der Waals surface area contributed by atoms with Crippen LogP contribution in [0.1, 0.15) is 11.1 Å². The summed E-state index contributed by atoms with van der Waals surface area (Å²) in [5.41, 5.74) is 6.64. The van der Waals surface area contributed by atoms with Gasteiger partial charge in [0.15, 0.2) is 5.71 Å². The highest BCUT2D eigenvalue weighted by atomic mass is 35.7. The van der Waals surface area contributed by atoms with E-state index in [4.69, 9.17) is 18.6 Å². The first-order chi connectivity index (χ1) is 16.0. The molecule has 176 valence electrons. The maximum Gasteiger partial charge on any atom is 0.199 e. The zero-order chi connectivity index (χ0) is 25.1. The summed E-state index contributed by atoms with van der Waals surface area (Å²) in [6, 6.07) is 18.6. The Morgan fingerprint density at radius 2 is 1.41 bits per heavy atom. The number of rotatable bonds is 3. The predicted octanol–water partition coefficient (Wildman–Crippen LogP) is 0.197. The highest BCUT2D eigenvalue weighted by Crippen LogP contribution is 2.16. The third-order valence-corrected chi connectivity index (χ3v) is 4.66. The summed E-state index contributed by atoms with van der Waals surface area (Å²) in [6.07, 6.45) is 12.7. The molecule has 0 saturated heterocycles. The van der Waals surface area contributed by atoms with Gasteiger partial charge in [0.1, 0.15) is 14.1 Å². The molecule has 6 nitrogen and oxygen atoms in total. The molecule has 0 heterocycles. The van der Waals surface area contributed by atoms with Crippen molar-refractivity contribution in [3.05, 3.63) is 108 Å². The molecule has 0 radical (unpaired) electrons. The van der Waals surface area contributed by atoms with Gasteiger partial charge < -0.3 is 4.90 Å². The van der Waals surface area contributed by atoms with Crippen molar-refractivity contribution in [2.45, 2.75) is 0 Å². The summed E-state index contributed by atoms with van der Waals surface area (Å²) in [5, 5.41) is 0. The molecule has 0 aliphatic heterocycles. The second-order valence-corrected chi connectivity index (χ2v) is 8.42. The number of allylic oxidation sites excluding steroid dienone is 8. The minimum atomic E-state index is -4.94. The van der Waals surface area contributed by atoms with Crippen LogP contribution < -0.4 is 23.5 Å². The normalized spacial score (nSPS) is 12.9. The first-order valence-electron chi connectivity index (χ1n) is 10.3. The Hall–Kier alpha value is -3.44. The molecule has 1 aliphatic carbocycles. The van der Waals surface area contributed by atoms with Crippen molar-refractivity contribution >= 4 is 17.0 Å². The number of nitrogens with zero attached hydrogens (tertiary/aromatic N) is 2. The van der Waals surface area contributed by atoms with Gasteiger partial charge in [0, 0.05) is 43.1 Å². The fraction of sp³-hybridized carbons (Fsp3) is 0.148. The standard InChI is InChI=1S/C27H27N2.ClHO4/c1-28(2)26-18-12-22(13-19-26)10-16-25(24-8-6-5-7-9-24)17-11-23-14-20-27(21-15-23)29(3)4;2-1(3,4)5/h5-10,12-16,18-21H,1-4H3;(H,2,3,4,5)/q+1;/p-1. The van der Waals surface area contributed by atoms with Crippen LogP contribution in [0.3, 0.4) is 0 Å². The van der Waals surface area contributed by atoms with Gasteiger partial charge in [0.05, 0.1) is 0 Å². The van der Waals surface area contributed by atoms with Crippen LogP contribution in [0.5, 0.6) is 0 Å². The molecular formula is C27H27ClN2O4. The summed E-state index contributed by atoms with van der Waals surface area (Å²) < 4.78 is 36.1. The van der Waals surface area contributed by atoms with Crippen LogP contribution in [0, 0.1) is 22.1 Å². The first-order valence-corrected chi connectivity index (χ1v) is 11.6. The SMILES string of the molecule is CN(C)c1ccc(C#C/C(=C/C=C2C=CC(=[N+](C)C)C=C2)c2ccccc2)cc1.[O-][Cl+3]([O-])([O-])[O-]. The molecule has 2 aromatic carbocycles. The van der Waals surface area contributed by atoms with E-state index < -0.39 is 10.2 Å². The lowest BCUT2D eigenvalue weighted by atomic mass is 10.0. The smallest absolute Gasteiger partial charge is 0.199 e. The topological polar surface area (TPSA) is 98.5 Å². The second-order valence-electron chi connectivity index (χ2n) is 7.67. The molecule has 3 rings (SSSR count). The van der Waals surface area contributed by atoms with E-state index in [0.717, 1.165) is 22.3 Å². The average Bonchev–Trinajstić information content (AvgIpc) is 2.79.